The van der Waals surface area contributed by atoms with Crippen molar-refractivity contribution in [2.75, 3.05) is 4.90 Å². The van der Waals surface area contributed by atoms with Crippen LogP contribution in [0.2, 0.25) is 0 Å². The molecule has 0 spiro atoms. The normalized spacial score (nSPS) is 11.7. The molecule has 0 saturated carbocycles. The van der Waals surface area contributed by atoms with Crippen molar-refractivity contribution in [1.29, 1.82) is 0 Å². The van der Waals surface area contributed by atoms with E-state index in [2.05, 4.69) is 301 Å². The molecule has 0 N–H and O–H groups in total. The quantitative estimate of drug-likeness (QED) is 0.138. The van der Waals surface area contributed by atoms with Crippen LogP contribution in [0.1, 0.15) is 0 Å². The van der Waals surface area contributed by atoms with Crippen LogP contribution in [0.25, 0.3) is 126 Å². The SMILES string of the molecule is c1ccc(-c2ccc(N(c3ccc(-c4ccc5c(c4)c4cc(-c6cccc7ccccc67)ccc4n5-c4cccc(-c5ccc6c7ccccc7c7ccccc7c6c5)c4)cc3)c3cccc4ccccc34)cc2)cc1. The molecule has 1 aromatic heterocycles. The van der Waals surface area contributed by atoms with E-state index >= 15 is 0 Å². The van der Waals surface area contributed by atoms with E-state index in [0.29, 0.717) is 0 Å². The highest BCUT2D eigenvalue weighted by Gasteiger charge is 2.19. The predicted molar refractivity (Wildman–Crippen MR) is 325 cm³/mol. The highest BCUT2D eigenvalue weighted by atomic mass is 15.1. The summed E-state index contributed by atoms with van der Waals surface area (Å²) in [6.07, 6.45) is 0. The van der Waals surface area contributed by atoms with Gasteiger partial charge < -0.3 is 9.47 Å². The Kier molecular flexibility index (Phi) is 10.2. The Morgan fingerprint density at radius 2 is 0.632 bits per heavy atom. The van der Waals surface area contributed by atoms with Crippen molar-refractivity contribution in [2.45, 2.75) is 0 Å². The fourth-order valence-electron chi connectivity index (χ4n) is 12.1. The fourth-order valence-corrected chi connectivity index (χ4v) is 12.1. The summed E-state index contributed by atoms with van der Waals surface area (Å²) in [4.78, 5) is 2.39. The first-order chi connectivity index (χ1) is 37.7. The molecule has 0 aliphatic rings. The molecule has 354 valence electrons. The molecule has 76 heavy (non-hydrogen) atoms. The van der Waals surface area contributed by atoms with Crippen molar-refractivity contribution in [3.63, 3.8) is 0 Å². The van der Waals surface area contributed by atoms with E-state index in [1.54, 1.807) is 0 Å². The lowest BCUT2D eigenvalue weighted by Crippen LogP contribution is -2.10. The lowest BCUT2D eigenvalue weighted by Gasteiger charge is -2.27. The molecule has 0 fully saturated rings. The molecule has 0 atom stereocenters. The van der Waals surface area contributed by atoms with Gasteiger partial charge in [-0.3, -0.25) is 0 Å². The van der Waals surface area contributed by atoms with Crippen molar-refractivity contribution < 1.29 is 0 Å². The Hall–Kier alpha value is -10.0. The van der Waals surface area contributed by atoms with Gasteiger partial charge in [0.05, 0.1) is 16.7 Å². The highest BCUT2D eigenvalue weighted by molar-refractivity contribution is 6.26. The van der Waals surface area contributed by atoms with Gasteiger partial charge in [-0.15, -0.1) is 0 Å². The molecule has 0 aliphatic heterocycles. The maximum atomic E-state index is 2.46. The summed E-state index contributed by atoms with van der Waals surface area (Å²) in [6.45, 7) is 0. The molecule has 14 aromatic carbocycles. The smallest absolute Gasteiger partial charge is 0.0541 e. The molecule has 0 bridgehead atoms. The van der Waals surface area contributed by atoms with Crippen LogP contribution in [0.15, 0.2) is 291 Å². The maximum absolute atomic E-state index is 2.46. The third-order valence-corrected chi connectivity index (χ3v) is 15.7. The number of nitrogens with zero attached hydrogens (tertiary/aromatic N) is 2. The third kappa shape index (κ3) is 7.26. The van der Waals surface area contributed by atoms with E-state index in [4.69, 9.17) is 0 Å². The maximum Gasteiger partial charge on any atom is 0.0541 e. The summed E-state index contributed by atoms with van der Waals surface area (Å²) in [7, 11) is 0. The number of hydrogen-bond donors (Lipinski definition) is 0. The van der Waals surface area contributed by atoms with Gasteiger partial charge in [0.1, 0.15) is 0 Å². The minimum absolute atomic E-state index is 1.10. The lowest BCUT2D eigenvalue weighted by molar-refractivity contribution is 1.18. The van der Waals surface area contributed by atoms with Crippen LogP contribution < -0.4 is 4.90 Å². The number of anilines is 3. The zero-order valence-electron chi connectivity index (χ0n) is 41.6. The summed E-state index contributed by atoms with van der Waals surface area (Å²) < 4.78 is 2.46. The number of fused-ring (bicyclic) bond motifs is 11. The molecule has 0 unspecified atom stereocenters. The molecule has 2 heteroatoms. The van der Waals surface area contributed by atoms with Gasteiger partial charge in [-0.25, -0.2) is 0 Å². The first-order valence-electron chi connectivity index (χ1n) is 26.2. The summed E-state index contributed by atoms with van der Waals surface area (Å²) in [5, 5.41) is 15.0. The zero-order valence-corrected chi connectivity index (χ0v) is 41.6. The standard InChI is InChI=1S/C74H48N2/c1-2-15-49(16-3-1)50-31-38-58(39-32-50)75(72-30-14-20-53-18-5-7-24-63(53)72)59-40-33-51(34-41-59)55-36-43-73-70(47-55)71-48-57(62-29-13-19-52-17-4-6-23-61(52)62)37-44-74(71)76(73)60-22-12-21-54(45-60)56-35-42-68-66-27-9-8-25-64(66)65-26-10-11-28-67(65)69(68)46-56/h1-48H. The van der Waals surface area contributed by atoms with Gasteiger partial charge in [0.15, 0.2) is 0 Å². The van der Waals surface area contributed by atoms with Crippen LogP contribution in [0.3, 0.4) is 0 Å². The number of hydrogen-bond acceptors (Lipinski definition) is 1. The second-order valence-electron chi connectivity index (χ2n) is 20.0. The summed E-state index contributed by atoms with van der Waals surface area (Å²) in [6, 6.07) is 107. The number of rotatable bonds is 8. The summed E-state index contributed by atoms with van der Waals surface area (Å²) in [5.74, 6) is 0. The molecule has 0 amide bonds. The van der Waals surface area contributed by atoms with E-state index < -0.39 is 0 Å². The van der Waals surface area contributed by atoms with Crippen molar-refractivity contribution in [3.05, 3.63) is 291 Å². The van der Waals surface area contributed by atoms with Crippen LogP contribution in [-0.2, 0) is 0 Å². The van der Waals surface area contributed by atoms with E-state index in [9.17, 15) is 0 Å². The van der Waals surface area contributed by atoms with Crippen LogP contribution in [-0.4, -0.2) is 4.57 Å². The van der Waals surface area contributed by atoms with Crippen LogP contribution in [0, 0.1) is 0 Å². The van der Waals surface area contributed by atoms with Gasteiger partial charge in [0.2, 0.25) is 0 Å². The van der Waals surface area contributed by atoms with Crippen LogP contribution >= 0.6 is 0 Å². The third-order valence-electron chi connectivity index (χ3n) is 15.7. The van der Waals surface area contributed by atoms with Gasteiger partial charge >= 0.3 is 0 Å². The molecule has 15 aromatic rings. The monoisotopic (exact) mass is 964 g/mol. The minimum atomic E-state index is 1.10. The second-order valence-corrected chi connectivity index (χ2v) is 20.0. The van der Waals surface area contributed by atoms with Crippen molar-refractivity contribution in [3.8, 4) is 50.2 Å². The Morgan fingerprint density at radius 3 is 1.30 bits per heavy atom. The molecule has 15 rings (SSSR count). The van der Waals surface area contributed by atoms with E-state index in [0.717, 1.165) is 28.3 Å². The first kappa shape index (κ1) is 43.6. The van der Waals surface area contributed by atoms with E-state index in [1.165, 1.54) is 115 Å². The largest absolute Gasteiger partial charge is 0.310 e. The van der Waals surface area contributed by atoms with E-state index in [-0.39, 0.29) is 0 Å². The zero-order chi connectivity index (χ0) is 50.1. The minimum Gasteiger partial charge on any atom is -0.310 e. The van der Waals surface area contributed by atoms with Crippen LogP contribution in [0.5, 0.6) is 0 Å². The van der Waals surface area contributed by atoms with Gasteiger partial charge in [0.25, 0.3) is 0 Å². The Morgan fingerprint density at radius 1 is 0.224 bits per heavy atom. The van der Waals surface area contributed by atoms with Crippen molar-refractivity contribution in [1.82, 2.24) is 4.57 Å². The Bertz CT molecular complexity index is 4690. The van der Waals surface area contributed by atoms with Gasteiger partial charge in [-0.1, -0.05) is 218 Å². The van der Waals surface area contributed by atoms with Gasteiger partial charge in [0, 0.05) is 33.2 Å². The van der Waals surface area contributed by atoms with Crippen LogP contribution in [0.4, 0.5) is 17.1 Å². The molecule has 0 radical (unpaired) electrons. The molecule has 2 nitrogen and oxygen atoms in total. The van der Waals surface area contributed by atoms with E-state index in [1.807, 2.05) is 0 Å². The molecule has 0 saturated heterocycles. The second kappa shape index (κ2) is 17.9. The summed E-state index contributed by atoms with van der Waals surface area (Å²) in [5.41, 5.74) is 16.3. The molecule has 0 aliphatic carbocycles. The van der Waals surface area contributed by atoms with Crippen molar-refractivity contribution in [2.24, 2.45) is 0 Å². The highest BCUT2D eigenvalue weighted by Crippen LogP contribution is 2.43. The number of benzene rings is 14. The molecular formula is C74H48N2. The van der Waals surface area contributed by atoms with Gasteiger partial charge in [-0.05, 0) is 166 Å². The predicted octanol–water partition coefficient (Wildman–Crippen LogP) is 20.7. The van der Waals surface area contributed by atoms with Gasteiger partial charge in [-0.2, -0.15) is 0 Å². The molecule has 1 heterocycles. The Balaban J connectivity index is 0.866. The fraction of sp³-hybridized carbons (Fsp3) is 0. The number of aromatic nitrogens is 1. The lowest BCUT2D eigenvalue weighted by atomic mass is 9.92. The Labute approximate surface area is 441 Å². The summed E-state index contributed by atoms with van der Waals surface area (Å²) >= 11 is 0. The first-order valence-corrected chi connectivity index (χ1v) is 26.2. The average Bonchev–Trinajstić information content (AvgIpc) is 3.85. The average molecular weight is 965 g/mol. The molecular weight excluding hydrogens is 917 g/mol. The van der Waals surface area contributed by atoms with Crippen molar-refractivity contribution >= 4 is 92.7 Å². The topological polar surface area (TPSA) is 8.17 Å².